The SMILES string of the molecule is CCOC(=O)Cc1cccc2oc3ccc([N+](=O)[O-])cc3c12. The molecule has 6 heteroatoms. The minimum absolute atomic E-state index is 0.0128. The van der Waals surface area contributed by atoms with Crippen molar-refractivity contribution in [3.63, 3.8) is 0 Å². The van der Waals surface area contributed by atoms with Crippen molar-refractivity contribution < 1.29 is 18.9 Å². The molecule has 3 aromatic rings. The lowest BCUT2D eigenvalue weighted by Crippen LogP contribution is -2.07. The number of carbonyl (C=O) groups excluding carboxylic acids is 1. The van der Waals surface area contributed by atoms with Crippen molar-refractivity contribution in [2.24, 2.45) is 0 Å². The quantitative estimate of drug-likeness (QED) is 0.417. The summed E-state index contributed by atoms with van der Waals surface area (Å²) in [6.07, 6.45) is 0.0997. The summed E-state index contributed by atoms with van der Waals surface area (Å²) in [7, 11) is 0. The number of hydrogen-bond donors (Lipinski definition) is 0. The Bertz CT molecular complexity index is 881. The zero-order valence-corrected chi connectivity index (χ0v) is 11.9. The van der Waals surface area contributed by atoms with Crippen LogP contribution in [0.3, 0.4) is 0 Å². The number of furan rings is 1. The Labute approximate surface area is 125 Å². The number of non-ortho nitro benzene ring substituents is 1. The van der Waals surface area contributed by atoms with E-state index in [4.69, 9.17) is 9.15 Å². The van der Waals surface area contributed by atoms with Crippen LogP contribution in [0.25, 0.3) is 21.9 Å². The van der Waals surface area contributed by atoms with Crippen molar-refractivity contribution in [2.45, 2.75) is 13.3 Å². The summed E-state index contributed by atoms with van der Waals surface area (Å²) < 4.78 is 10.7. The summed E-state index contributed by atoms with van der Waals surface area (Å²) in [5.41, 5.74) is 1.87. The van der Waals surface area contributed by atoms with Gasteiger partial charge in [-0.2, -0.15) is 0 Å². The van der Waals surface area contributed by atoms with Gasteiger partial charge in [-0.05, 0) is 24.6 Å². The fourth-order valence-electron chi connectivity index (χ4n) is 2.52. The molecule has 0 N–H and O–H groups in total. The number of benzene rings is 2. The maximum atomic E-state index is 11.7. The van der Waals surface area contributed by atoms with Crippen LogP contribution in [0.4, 0.5) is 5.69 Å². The van der Waals surface area contributed by atoms with Gasteiger partial charge in [0.05, 0.1) is 18.0 Å². The molecule has 112 valence electrons. The smallest absolute Gasteiger partial charge is 0.310 e. The summed E-state index contributed by atoms with van der Waals surface area (Å²) in [6, 6.07) is 9.80. The van der Waals surface area contributed by atoms with Gasteiger partial charge in [-0.3, -0.25) is 14.9 Å². The van der Waals surface area contributed by atoms with E-state index in [0.717, 1.165) is 5.56 Å². The van der Waals surface area contributed by atoms with Crippen molar-refractivity contribution in [3.8, 4) is 0 Å². The first-order chi connectivity index (χ1) is 10.6. The lowest BCUT2D eigenvalue weighted by atomic mass is 10.0. The molecule has 0 aliphatic carbocycles. The second kappa shape index (κ2) is 5.48. The molecule has 0 fully saturated rings. The number of fused-ring (bicyclic) bond motifs is 3. The summed E-state index contributed by atoms with van der Waals surface area (Å²) in [5.74, 6) is -0.338. The number of nitrogens with zero attached hydrogens (tertiary/aromatic N) is 1. The Kier molecular flexibility index (Phi) is 3.50. The minimum atomic E-state index is -0.452. The molecular formula is C16H13NO5. The lowest BCUT2D eigenvalue weighted by molar-refractivity contribution is -0.384. The normalized spacial score (nSPS) is 11.0. The van der Waals surface area contributed by atoms with Gasteiger partial charge in [0, 0.05) is 22.9 Å². The molecular weight excluding hydrogens is 286 g/mol. The van der Waals surface area contributed by atoms with Gasteiger partial charge in [0.1, 0.15) is 11.2 Å². The molecule has 0 atom stereocenters. The summed E-state index contributed by atoms with van der Waals surface area (Å²) >= 11 is 0. The third kappa shape index (κ3) is 2.39. The van der Waals surface area contributed by atoms with E-state index >= 15 is 0 Å². The Morgan fingerprint density at radius 2 is 2.09 bits per heavy atom. The number of hydrogen-bond acceptors (Lipinski definition) is 5. The minimum Gasteiger partial charge on any atom is -0.466 e. The second-order valence-corrected chi connectivity index (χ2v) is 4.81. The number of nitro benzene ring substituents is 1. The molecule has 22 heavy (non-hydrogen) atoms. The van der Waals surface area contributed by atoms with Crippen LogP contribution in [-0.4, -0.2) is 17.5 Å². The van der Waals surface area contributed by atoms with Crippen LogP contribution >= 0.6 is 0 Å². The van der Waals surface area contributed by atoms with Crippen molar-refractivity contribution in [1.29, 1.82) is 0 Å². The zero-order valence-electron chi connectivity index (χ0n) is 11.9. The average molecular weight is 299 g/mol. The van der Waals surface area contributed by atoms with Crippen molar-refractivity contribution >= 4 is 33.6 Å². The van der Waals surface area contributed by atoms with Crippen LogP contribution in [0.2, 0.25) is 0 Å². The van der Waals surface area contributed by atoms with E-state index < -0.39 is 4.92 Å². The Balaban J connectivity index is 2.20. The maximum absolute atomic E-state index is 11.7. The molecule has 0 unspecified atom stereocenters. The molecule has 3 rings (SSSR count). The van der Waals surface area contributed by atoms with E-state index in [0.29, 0.717) is 28.5 Å². The first kappa shape index (κ1) is 14.1. The van der Waals surface area contributed by atoms with Gasteiger partial charge in [-0.15, -0.1) is 0 Å². The van der Waals surface area contributed by atoms with Crippen LogP contribution in [0.15, 0.2) is 40.8 Å². The Hall–Kier alpha value is -2.89. The molecule has 1 aromatic heterocycles. The topological polar surface area (TPSA) is 82.6 Å². The maximum Gasteiger partial charge on any atom is 0.310 e. The molecule has 0 bridgehead atoms. The number of rotatable bonds is 4. The number of carbonyl (C=O) groups is 1. The Morgan fingerprint density at radius 3 is 2.82 bits per heavy atom. The zero-order chi connectivity index (χ0) is 15.7. The highest BCUT2D eigenvalue weighted by Gasteiger charge is 2.16. The predicted octanol–water partition coefficient (Wildman–Crippen LogP) is 3.60. The van der Waals surface area contributed by atoms with Crippen LogP contribution < -0.4 is 0 Å². The number of ether oxygens (including phenoxy) is 1. The van der Waals surface area contributed by atoms with Gasteiger partial charge in [0.25, 0.3) is 5.69 Å². The van der Waals surface area contributed by atoms with Gasteiger partial charge in [-0.25, -0.2) is 0 Å². The highest BCUT2D eigenvalue weighted by molar-refractivity contribution is 6.08. The fourth-order valence-corrected chi connectivity index (χ4v) is 2.52. The highest BCUT2D eigenvalue weighted by Crippen LogP contribution is 2.33. The van der Waals surface area contributed by atoms with Crippen LogP contribution in [0, 0.1) is 10.1 Å². The molecule has 1 heterocycles. The second-order valence-electron chi connectivity index (χ2n) is 4.81. The van der Waals surface area contributed by atoms with Gasteiger partial charge >= 0.3 is 5.97 Å². The first-order valence-electron chi connectivity index (χ1n) is 6.84. The van der Waals surface area contributed by atoms with E-state index in [9.17, 15) is 14.9 Å². The predicted molar refractivity (Wildman–Crippen MR) is 80.7 cm³/mol. The molecule has 2 aromatic carbocycles. The fraction of sp³-hybridized carbons (Fsp3) is 0.188. The standard InChI is InChI=1S/C16H13NO5/c1-2-21-15(18)8-10-4-3-5-14-16(10)12-9-11(17(19)20)6-7-13(12)22-14/h3-7,9H,2,8H2,1H3. The van der Waals surface area contributed by atoms with Gasteiger partial charge in [0.2, 0.25) is 0 Å². The van der Waals surface area contributed by atoms with E-state index in [1.54, 1.807) is 31.2 Å². The Morgan fingerprint density at radius 1 is 1.27 bits per heavy atom. The molecule has 0 saturated heterocycles. The van der Waals surface area contributed by atoms with E-state index in [2.05, 4.69) is 0 Å². The van der Waals surface area contributed by atoms with Gasteiger partial charge in [0.15, 0.2) is 0 Å². The van der Waals surface area contributed by atoms with Gasteiger partial charge < -0.3 is 9.15 Å². The number of nitro groups is 1. The van der Waals surface area contributed by atoms with E-state index in [1.807, 2.05) is 0 Å². The summed E-state index contributed by atoms with van der Waals surface area (Å²) in [6.45, 7) is 2.06. The summed E-state index contributed by atoms with van der Waals surface area (Å²) in [5, 5.41) is 12.3. The first-order valence-corrected chi connectivity index (χ1v) is 6.84. The molecule has 6 nitrogen and oxygen atoms in total. The molecule has 0 radical (unpaired) electrons. The van der Waals surface area contributed by atoms with Crippen LogP contribution in [-0.2, 0) is 16.0 Å². The van der Waals surface area contributed by atoms with E-state index in [-0.39, 0.29) is 18.1 Å². The van der Waals surface area contributed by atoms with Gasteiger partial charge in [-0.1, -0.05) is 12.1 Å². The van der Waals surface area contributed by atoms with Crippen molar-refractivity contribution in [2.75, 3.05) is 6.61 Å². The van der Waals surface area contributed by atoms with E-state index in [1.165, 1.54) is 12.1 Å². The van der Waals surface area contributed by atoms with Crippen LogP contribution in [0.5, 0.6) is 0 Å². The molecule has 0 saturated carbocycles. The largest absolute Gasteiger partial charge is 0.466 e. The third-order valence-electron chi connectivity index (χ3n) is 3.42. The van der Waals surface area contributed by atoms with Crippen molar-refractivity contribution in [1.82, 2.24) is 0 Å². The average Bonchev–Trinajstić information content (AvgIpc) is 2.85. The molecule has 0 aliphatic rings. The summed E-state index contributed by atoms with van der Waals surface area (Å²) in [4.78, 5) is 22.2. The third-order valence-corrected chi connectivity index (χ3v) is 3.42. The van der Waals surface area contributed by atoms with Crippen molar-refractivity contribution in [3.05, 3.63) is 52.1 Å². The monoisotopic (exact) mass is 299 g/mol. The number of esters is 1. The molecule has 0 spiro atoms. The van der Waals surface area contributed by atoms with Crippen LogP contribution in [0.1, 0.15) is 12.5 Å². The lowest BCUT2D eigenvalue weighted by Gasteiger charge is -2.03. The highest BCUT2D eigenvalue weighted by atomic mass is 16.6. The molecule has 0 amide bonds. The molecule has 0 aliphatic heterocycles.